The van der Waals surface area contributed by atoms with Gasteiger partial charge in [0, 0.05) is 29.7 Å². The van der Waals surface area contributed by atoms with Crippen molar-refractivity contribution in [2.45, 2.75) is 56.6 Å². The number of nitrogens with zero attached hydrogens (tertiary/aromatic N) is 1. The van der Waals surface area contributed by atoms with Crippen LogP contribution >= 0.6 is 15.9 Å². The fourth-order valence-electron chi connectivity index (χ4n) is 3.65. The van der Waals surface area contributed by atoms with Gasteiger partial charge in [-0.05, 0) is 53.7 Å². The molecule has 0 bridgehead atoms. The zero-order valence-corrected chi connectivity index (χ0v) is 18.2. The monoisotopic (exact) mass is 525 g/mol. The number of aliphatic hydroxyl groups is 1. The Labute approximate surface area is 188 Å². The van der Waals surface area contributed by atoms with Crippen LogP contribution in [0.15, 0.2) is 28.9 Å². The minimum absolute atomic E-state index is 0.0727. The first-order chi connectivity index (χ1) is 15.1. The van der Waals surface area contributed by atoms with E-state index in [-0.39, 0.29) is 27.7 Å². The number of nitrogens with one attached hydrogen (secondary N) is 2. The molecule has 1 atom stereocenters. The Morgan fingerprint density at radius 1 is 1.19 bits per heavy atom. The van der Waals surface area contributed by atoms with Crippen molar-refractivity contribution in [2.75, 3.05) is 6.61 Å². The molecule has 1 aliphatic rings. The molecule has 0 radical (unpaired) electrons. The zero-order valence-electron chi connectivity index (χ0n) is 16.6. The number of alkyl halides is 5. The third kappa shape index (κ3) is 6.26. The van der Waals surface area contributed by atoms with Crippen LogP contribution in [0.4, 0.5) is 22.0 Å². The maximum absolute atomic E-state index is 12.8. The number of amides is 1. The standard InChI is InChI=1S/C20H21BrF5N3O3/c21-14-6-10-5-11(8-27-15(10)7-16(14)32-19(22)23)18(31)29-13-3-1-12(2-4-13)28-17(9-30)20(24,25)26/h5-8,12-13,17,19,28,30H,1-4,9H2,(H,29,31)/t12?,13?,17-/m1/s1. The lowest BCUT2D eigenvalue weighted by molar-refractivity contribution is -0.166. The first kappa shape index (κ1) is 24.6. The molecular weight excluding hydrogens is 505 g/mol. The Hall–Kier alpha value is -2.05. The van der Waals surface area contributed by atoms with Crippen molar-refractivity contribution < 1.29 is 36.6 Å². The molecule has 0 unspecified atom stereocenters. The number of aliphatic hydroxyl groups excluding tert-OH is 1. The van der Waals surface area contributed by atoms with Gasteiger partial charge in [-0.3, -0.25) is 9.78 Å². The van der Waals surface area contributed by atoms with Gasteiger partial charge in [0.15, 0.2) is 0 Å². The molecule has 32 heavy (non-hydrogen) atoms. The third-order valence-corrected chi connectivity index (χ3v) is 5.91. The summed E-state index contributed by atoms with van der Waals surface area (Å²) in [6, 6.07) is 1.85. The van der Waals surface area contributed by atoms with E-state index in [4.69, 9.17) is 5.11 Å². The average molecular weight is 526 g/mol. The molecule has 3 rings (SSSR count). The molecule has 1 aromatic heterocycles. The number of aromatic nitrogens is 1. The van der Waals surface area contributed by atoms with E-state index in [2.05, 4.69) is 36.3 Å². The largest absolute Gasteiger partial charge is 0.434 e. The lowest BCUT2D eigenvalue weighted by Crippen LogP contribution is -2.51. The van der Waals surface area contributed by atoms with Crippen LogP contribution in [-0.2, 0) is 0 Å². The van der Waals surface area contributed by atoms with E-state index in [0.29, 0.717) is 36.6 Å². The van der Waals surface area contributed by atoms with Crippen molar-refractivity contribution >= 4 is 32.7 Å². The van der Waals surface area contributed by atoms with Crippen molar-refractivity contribution in [3.63, 3.8) is 0 Å². The van der Waals surface area contributed by atoms with Crippen molar-refractivity contribution in [1.29, 1.82) is 0 Å². The van der Waals surface area contributed by atoms with Crippen molar-refractivity contribution in [3.05, 3.63) is 34.4 Å². The maximum Gasteiger partial charge on any atom is 0.406 e. The number of rotatable bonds is 7. The number of benzene rings is 1. The predicted molar refractivity (Wildman–Crippen MR) is 110 cm³/mol. The summed E-state index contributed by atoms with van der Waals surface area (Å²) in [6.45, 7) is -4.01. The molecule has 0 aliphatic heterocycles. The van der Waals surface area contributed by atoms with Crippen molar-refractivity contribution in [3.8, 4) is 5.75 Å². The van der Waals surface area contributed by atoms with E-state index in [0.717, 1.165) is 0 Å². The predicted octanol–water partition coefficient (Wildman–Crippen LogP) is 4.15. The summed E-state index contributed by atoms with van der Waals surface area (Å²) in [4.78, 5) is 16.7. The van der Waals surface area contributed by atoms with Crippen LogP contribution in [0, 0.1) is 0 Å². The molecule has 1 aromatic carbocycles. The van der Waals surface area contributed by atoms with Crippen LogP contribution in [0.3, 0.4) is 0 Å². The average Bonchev–Trinajstić information content (AvgIpc) is 2.72. The fourth-order valence-corrected chi connectivity index (χ4v) is 4.10. The zero-order chi connectivity index (χ0) is 23.5. The molecule has 0 saturated heterocycles. The number of pyridine rings is 1. The van der Waals surface area contributed by atoms with E-state index in [9.17, 15) is 26.7 Å². The van der Waals surface area contributed by atoms with Gasteiger partial charge in [0.25, 0.3) is 5.91 Å². The van der Waals surface area contributed by atoms with Gasteiger partial charge >= 0.3 is 12.8 Å². The summed E-state index contributed by atoms with van der Waals surface area (Å²) in [6.07, 6.45) is -1.38. The summed E-state index contributed by atoms with van der Waals surface area (Å²) in [5, 5.41) is 14.8. The Kier molecular flexibility index (Phi) is 7.88. The molecule has 3 N–H and O–H groups in total. The van der Waals surface area contributed by atoms with Crippen LogP contribution < -0.4 is 15.4 Å². The van der Waals surface area contributed by atoms with E-state index < -0.39 is 31.5 Å². The summed E-state index contributed by atoms with van der Waals surface area (Å²) < 4.78 is 68.0. The van der Waals surface area contributed by atoms with Crippen LogP contribution in [0.1, 0.15) is 36.0 Å². The van der Waals surface area contributed by atoms with Gasteiger partial charge in [0.1, 0.15) is 11.8 Å². The highest BCUT2D eigenvalue weighted by Gasteiger charge is 2.40. The van der Waals surface area contributed by atoms with Gasteiger partial charge in [-0.15, -0.1) is 0 Å². The van der Waals surface area contributed by atoms with Gasteiger partial charge in [-0.25, -0.2) is 0 Å². The Balaban J connectivity index is 1.59. The summed E-state index contributed by atoms with van der Waals surface area (Å²) >= 11 is 3.15. The highest BCUT2D eigenvalue weighted by Crippen LogP contribution is 2.31. The lowest BCUT2D eigenvalue weighted by atomic mass is 9.90. The highest BCUT2D eigenvalue weighted by atomic mass is 79.9. The molecule has 1 heterocycles. The number of ether oxygens (including phenoxy) is 1. The smallest absolute Gasteiger partial charge is 0.406 e. The Morgan fingerprint density at radius 3 is 2.44 bits per heavy atom. The lowest BCUT2D eigenvalue weighted by Gasteiger charge is -2.32. The van der Waals surface area contributed by atoms with Gasteiger partial charge in [0.2, 0.25) is 0 Å². The van der Waals surface area contributed by atoms with Gasteiger partial charge < -0.3 is 20.5 Å². The molecular formula is C20H21BrF5N3O3. The number of fused-ring (bicyclic) bond motifs is 1. The van der Waals surface area contributed by atoms with Crippen LogP contribution in [0.25, 0.3) is 10.9 Å². The summed E-state index contributed by atoms with van der Waals surface area (Å²) in [5.41, 5.74) is 0.639. The Morgan fingerprint density at radius 2 is 1.84 bits per heavy atom. The maximum atomic E-state index is 12.8. The first-order valence-corrected chi connectivity index (χ1v) is 10.6. The third-order valence-electron chi connectivity index (χ3n) is 5.29. The van der Waals surface area contributed by atoms with Crippen molar-refractivity contribution in [2.24, 2.45) is 0 Å². The van der Waals surface area contributed by atoms with E-state index >= 15 is 0 Å². The molecule has 2 aromatic rings. The number of carbonyl (C=O) groups excluding carboxylic acids is 1. The van der Waals surface area contributed by atoms with Crippen LogP contribution in [0.5, 0.6) is 5.75 Å². The van der Waals surface area contributed by atoms with Crippen LogP contribution in [0.2, 0.25) is 0 Å². The van der Waals surface area contributed by atoms with E-state index in [1.54, 1.807) is 6.07 Å². The Bertz CT molecular complexity index is 952. The van der Waals surface area contributed by atoms with E-state index in [1.807, 2.05) is 0 Å². The molecule has 1 aliphatic carbocycles. The minimum atomic E-state index is -4.52. The van der Waals surface area contributed by atoms with Gasteiger partial charge in [0.05, 0.1) is 22.2 Å². The van der Waals surface area contributed by atoms with E-state index in [1.165, 1.54) is 18.3 Å². The molecule has 1 amide bonds. The second-order valence-electron chi connectivity index (χ2n) is 7.54. The van der Waals surface area contributed by atoms with Gasteiger partial charge in [-0.1, -0.05) is 0 Å². The highest BCUT2D eigenvalue weighted by molar-refractivity contribution is 9.10. The molecule has 176 valence electrons. The summed E-state index contributed by atoms with van der Waals surface area (Å²) in [7, 11) is 0. The number of carbonyl (C=O) groups is 1. The molecule has 1 saturated carbocycles. The number of halogens is 6. The van der Waals surface area contributed by atoms with Crippen molar-refractivity contribution in [1.82, 2.24) is 15.6 Å². The van der Waals surface area contributed by atoms with Crippen LogP contribution in [-0.4, -0.2) is 53.5 Å². The topological polar surface area (TPSA) is 83.5 Å². The molecule has 1 fully saturated rings. The second-order valence-corrected chi connectivity index (χ2v) is 8.40. The number of hydrogen-bond donors (Lipinski definition) is 3. The number of hydrogen-bond acceptors (Lipinski definition) is 5. The summed E-state index contributed by atoms with van der Waals surface area (Å²) in [5.74, 6) is -0.458. The minimum Gasteiger partial charge on any atom is -0.434 e. The SMILES string of the molecule is O=C(NC1CCC(N[C@H](CO)C(F)(F)F)CC1)c1cnc2cc(OC(F)F)c(Br)cc2c1. The van der Waals surface area contributed by atoms with Gasteiger partial charge in [-0.2, -0.15) is 22.0 Å². The second kappa shape index (κ2) is 10.3. The quantitative estimate of drug-likeness (QED) is 0.473. The normalized spacial score (nSPS) is 20.4. The fraction of sp³-hybridized carbons (Fsp3) is 0.500. The molecule has 0 spiro atoms. The molecule has 6 nitrogen and oxygen atoms in total. The molecule has 12 heteroatoms. The first-order valence-electron chi connectivity index (χ1n) is 9.85.